The normalized spacial score (nSPS) is 17.5. The Kier molecular flexibility index (Phi) is 5.34. The van der Waals surface area contributed by atoms with Crippen LogP contribution in [0.25, 0.3) is 0 Å². The van der Waals surface area contributed by atoms with Crippen LogP contribution in [0.1, 0.15) is 29.8 Å². The number of nitrogens with zero attached hydrogens (tertiary/aromatic N) is 1. The van der Waals surface area contributed by atoms with Crippen molar-refractivity contribution in [2.75, 3.05) is 31.1 Å². The predicted octanol–water partition coefficient (Wildman–Crippen LogP) is 1.71. The molecule has 122 valence electrons. The van der Waals surface area contributed by atoms with Crippen LogP contribution >= 0.6 is 0 Å². The van der Waals surface area contributed by atoms with E-state index in [1.54, 1.807) is 13.0 Å². The maximum absolute atomic E-state index is 13.2. The zero-order valence-electron chi connectivity index (χ0n) is 13.3. The molecule has 0 aromatic heterocycles. The molecule has 6 heteroatoms. The van der Waals surface area contributed by atoms with Crippen LogP contribution in [0.3, 0.4) is 0 Å². The summed E-state index contributed by atoms with van der Waals surface area (Å²) in [6.07, 6.45) is 0. The van der Waals surface area contributed by atoms with Crippen LogP contribution in [0, 0.1) is 12.7 Å². The van der Waals surface area contributed by atoms with Crippen LogP contribution in [0.5, 0.6) is 0 Å². The first-order valence-electron chi connectivity index (χ1n) is 7.44. The fourth-order valence-electron chi connectivity index (χ4n) is 2.54. The number of nitrogens with one attached hydrogen (secondary N) is 1. The fraction of sp³-hybridized carbons (Fsp3) is 0.562. The number of halogens is 1. The van der Waals surface area contributed by atoms with Gasteiger partial charge >= 0.3 is 0 Å². The molecule has 0 unspecified atom stereocenters. The molecule has 1 amide bonds. The van der Waals surface area contributed by atoms with Crippen molar-refractivity contribution >= 4 is 16.7 Å². The van der Waals surface area contributed by atoms with E-state index in [0.717, 1.165) is 13.1 Å². The lowest BCUT2D eigenvalue weighted by Crippen LogP contribution is -2.55. The van der Waals surface area contributed by atoms with Crippen molar-refractivity contribution in [2.24, 2.45) is 0 Å². The van der Waals surface area contributed by atoms with Crippen molar-refractivity contribution in [3.8, 4) is 0 Å². The Morgan fingerprint density at radius 3 is 2.59 bits per heavy atom. The summed E-state index contributed by atoms with van der Waals surface area (Å²) in [5.74, 6) is 0.873. The van der Waals surface area contributed by atoms with Gasteiger partial charge in [0.15, 0.2) is 0 Å². The van der Waals surface area contributed by atoms with Gasteiger partial charge < -0.3 is 5.32 Å². The largest absolute Gasteiger partial charge is 0.350 e. The van der Waals surface area contributed by atoms with Crippen molar-refractivity contribution in [3.63, 3.8) is 0 Å². The van der Waals surface area contributed by atoms with Gasteiger partial charge in [0.1, 0.15) is 5.82 Å². The second kappa shape index (κ2) is 6.87. The van der Waals surface area contributed by atoms with Crippen molar-refractivity contribution in [2.45, 2.75) is 26.3 Å². The number of hydrogen-bond donors (Lipinski definition) is 1. The second-order valence-electron chi connectivity index (χ2n) is 6.29. The molecule has 1 heterocycles. The van der Waals surface area contributed by atoms with Crippen LogP contribution in [-0.4, -0.2) is 51.7 Å². The summed E-state index contributed by atoms with van der Waals surface area (Å²) in [5, 5.41) is 2.92. The van der Waals surface area contributed by atoms with Gasteiger partial charge in [0.2, 0.25) is 0 Å². The van der Waals surface area contributed by atoms with Gasteiger partial charge in [0, 0.05) is 53.0 Å². The molecule has 0 bridgehead atoms. The lowest BCUT2D eigenvalue weighted by Gasteiger charge is -2.40. The van der Waals surface area contributed by atoms with E-state index in [-0.39, 0.29) is 17.3 Å². The molecule has 0 atom stereocenters. The molecule has 1 N–H and O–H groups in total. The molecule has 0 aliphatic carbocycles. The van der Waals surface area contributed by atoms with Crippen molar-refractivity contribution in [3.05, 3.63) is 35.1 Å². The molecule has 2 rings (SSSR count). The van der Waals surface area contributed by atoms with Gasteiger partial charge in [-0.3, -0.25) is 13.9 Å². The van der Waals surface area contributed by atoms with Gasteiger partial charge in [-0.05, 0) is 44.5 Å². The standard InChI is InChI=1S/C16H23FN2O2S/c1-12-10-13(4-5-14(12)17)15(20)18-11-16(2,3)19-6-8-22(21)9-7-19/h4-5,10H,6-9,11H2,1-3H3,(H,18,20). The molecule has 0 spiro atoms. The molecular weight excluding hydrogens is 303 g/mol. The third-order valence-electron chi connectivity index (χ3n) is 4.14. The Labute approximate surface area is 133 Å². The second-order valence-corrected chi connectivity index (χ2v) is 7.99. The number of benzene rings is 1. The molecule has 22 heavy (non-hydrogen) atoms. The first kappa shape index (κ1) is 17.1. The first-order chi connectivity index (χ1) is 10.3. The molecule has 1 aromatic carbocycles. The van der Waals surface area contributed by atoms with Crippen LogP contribution in [0.4, 0.5) is 4.39 Å². The van der Waals surface area contributed by atoms with Crippen LogP contribution < -0.4 is 5.32 Å². The zero-order valence-corrected chi connectivity index (χ0v) is 14.1. The highest BCUT2D eigenvalue weighted by molar-refractivity contribution is 7.85. The molecule has 1 aromatic rings. The smallest absolute Gasteiger partial charge is 0.251 e. The summed E-state index contributed by atoms with van der Waals surface area (Å²) >= 11 is 0. The third-order valence-corrected chi connectivity index (χ3v) is 5.41. The Hall–Kier alpha value is -1.27. The number of carbonyl (C=O) groups is 1. The van der Waals surface area contributed by atoms with Crippen LogP contribution in [0.2, 0.25) is 0 Å². The number of hydrogen-bond acceptors (Lipinski definition) is 3. The van der Waals surface area contributed by atoms with Gasteiger partial charge in [0.25, 0.3) is 5.91 Å². The molecular formula is C16H23FN2O2S. The maximum atomic E-state index is 13.2. The molecule has 1 aliphatic heterocycles. The van der Waals surface area contributed by atoms with Gasteiger partial charge in [-0.1, -0.05) is 0 Å². The molecule has 1 saturated heterocycles. The summed E-state index contributed by atoms with van der Waals surface area (Å²) < 4.78 is 24.7. The van der Waals surface area contributed by atoms with E-state index in [0.29, 0.717) is 29.2 Å². The number of rotatable bonds is 4. The van der Waals surface area contributed by atoms with Crippen LogP contribution in [0.15, 0.2) is 18.2 Å². The van der Waals surface area contributed by atoms with E-state index in [2.05, 4.69) is 24.1 Å². The Morgan fingerprint density at radius 2 is 2.00 bits per heavy atom. The van der Waals surface area contributed by atoms with Gasteiger partial charge in [-0.25, -0.2) is 4.39 Å². The molecule has 0 radical (unpaired) electrons. The third kappa shape index (κ3) is 4.14. The quantitative estimate of drug-likeness (QED) is 0.916. The highest BCUT2D eigenvalue weighted by Gasteiger charge is 2.30. The summed E-state index contributed by atoms with van der Waals surface area (Å²) in [4.78, 5) is 14.4. The van der Waals surface area contributed by atoms with E-state index < -0.39 is 10.8 Å². The number of aryl methyl sites for hydroxylation is 1. The summed E-state index contributed by atoms with van der Waals surface area (Å²) in [5.41, 5.74) is 0.731. The molecule has 4 nitrogen and oxygen atoms in total. The molecule has 1 fully saturated rings. The molecule has 0 saturated carbocycles. The average molecular weight is 326 g/mol. The number of amides is 1. The molecule has 1 aliphatic rings. The van der Waals surface area contributed by atoms with E-state index >= 15 is 0 Å². The highest BCUT2D eigenvalue weighted by atomic mass is 32.2. The van der Waals surface area contributed by atoms with E-state index in [1.165, 1.54) is 12.1 Å². The Bertz CT molecular complexity index is 580. The fourth-order valence-corrected chi connectivity index (χ4v) is 3.59. The van der Waals surface area contributed by atoms with Gasteiger partial charge in [-0.2, -0.15) is 0 Å². The summed E-state index contributed by atoms with van der Waals surface area (Å²) in [6, 6.07) is 4.37. The van der Waals surface area contributed by atoms with Crippen molar-refractivity contribution < 1.29 is 13.4 Å². The minimum atomic E-state index is -0.708. The van der Waals surface area contributed by atoms with Crippen molar-refractivity contribution in [1.29, 1.82) is 0 Å². The Morgan fingerprint density at radius 1 is 1.36 bits per heavy atom. The monoisotopic (exact) mass is 326 g/mol. The topological polar surface area (TPSA) is 49.4 Å². The maximum Gasteiger partial charge on any atom is 0.251 e. The van der Waals surface area contributed by atoms with Crippen molar-refractivity contribution in [1.82, 2.24) is 10.2 Å². The summed E-state index contributed by atoms with van der Waals surface area (Å²) in [7, 11) is -0.708. The number of carbonyl (C=O) groups excluding carboxylic acids is 1. The average Bonchev–Trinajstić information content (AvgIpc) is 2.48. The lowest BCUT2D eigenvalue weighted by atomic mass is 10.0. The minimum Gasteiger partial charge on any atom is -0.350 e. The highest BCUT2D eigenvalue weighted by Crippen LogP contribution is 2.16. The minimum absolute atomic E-state index is 0.197. The van der Waals surface area contributed by atoms with E-state index in [4.69, 9.17) is 0 Å². The van der Waals surface area contributed by atoms with Gasteiger partial charge in [-0.15, -0.1) is 0 Å². The SMILES string of the molecule is Cc1cc(C(=O)NCC(C)(C)N2CCS(=O)CC2)ccc1F. The Balaban J connectivity index is 1.94. The van der Waals surface area contributed by atoms with E-state index in [1.807, 2.05) is 0 Å². The lowest BCUT2D eigenvalue weighted by molar-refractivity contribution is 0.0883. The predicted molar refractivity (Wildman–Crippen MR) is 87.0 cm³/mol. The zero-order chi connectivity index (χ0) is 16.3. The summed E-state index contributed by atoms with van der Waals surface area (Å²) in [6.45, 7) is 7.84. The van der Waals surface area contributed by atoms with E-state index in [9.17, 15) is 13.4 Å². The van der Waals surface area contributed by atoms with Gasteiger partial charge in [0.05, 0.1) is 0 Å². The first-order valence-corrected chi connectivity index (χ1v) is 8.93. The van der Waals surface area contributed by atoms with Crippen LogP contribution in [-0.2, 0) is 10.8 Å².